The minimum absolute atomic E-state index is 0. The molecular formula is C15H17ClN2O. The molecule has 0 saturated heterocycles. The van der Waals surface area contributed by atoms with Crippen molar-refractivity contribution in [3.05, 3.63) is 53.9 Å². The van der Waals surface area contributed by atoms with Crippen LogP contribution >= 0.6 is 12.4 Å². The van der Waals surface area contributed by atoms with Crippen LogP contribution in [0.5, 0.6) is 0 Å². The second kappa shape index (κ2) is 6.15. The first-order chi connectivity index (χ1) is 8.90. The average molecular weight is 277 g/mol. The van der Waals surface area contributed by atoms with Crippen molar-refractivity contribution in [2.24, 2.45) is 5.73 Å². The van der Waals surface area contributed by atoms with Crippen molar-refractivity contribution < 1.29 is 4.74 Å². The molecule has 1 aromatic heterocycles. The summed E-state index contributed by atoms with van der Waals surface area (Å²) in [5.41, 5.74) is 10.7. The van der Waals surface area contributed by atoms with Crippen LogP contribution in [-0.2, 0) is 11.2 Å². The highest BCUT2D eigenvalue weighted by Gasteiger charge is 2.23. The minimum Gasteiger partial charge on any atom is -0.372 e. The Hall–Kier alpha value is -1.42. The quantitative estimate of drug-likeness (QED) is 0.917. The van der Waals surface area contributed by atoms with Crippen LogP contribution in [0.25, 0.3) is 11.1 Å². The molecule has 0 spiro atoms. The molecule has 1 aliphatic rings. The molecule has 3 nitrogen and oxygen atoms in total. The Bertz CT molecular complexity index is 545. The number of nitrogens with zero attached hydrogens (tertiary/aromatic N) is 1. The fourth-order valence-electron chi connectivity index (χ4n) is 2.57. The molecule has 1 unspecified atom stereocenters. The van der Waals surface area contributed by atoms with E-state index in [9.17, 15) is 0 Å². The van der Waals surface area contributed by atoms with Crippen LogP contribution in [0.2, 0.25) is 0 Å². The van der Waals surface area contributed by atoms with Crippen LogP contribution in [0, 0.1) is 0 Å². The zero-order chi connectivity index (χ0) is 12.4. The first-order valence-electron chi connectivity index (χ1n) is 6.24. The number of hydrogen-bond donors (Lipinski definition) is 1. The van der Waals surface area contributed by atoms with Gasteiger partial charge in [-0.15, -0.1) is 12.4 Å². The van der Waals surface area contributed by atoms with Gasteiger partial charge < -0.3 is 10.5 Å². The van der Waals surface area contributed by atoms with E-state index in [1.807, 2.05) is 12.3 Å². The normalized spacial score (nSPS) is 17.4. The number of benzene rings is 1. The molecular weight excluding hydrogens is 260 g/mol. The third-order valence-corrected chi connectivity index (χ3v) is 3.40. The van der Waals surface area contributed by atoms with Gasteiger partial charge in [-0.1, -0.05) is 24.3 Å². The minimum atomic E-state index is 0. The molecule has 0 bridgehead atoms. The van der Waals surface area contributed by atoms with E-state index in [0.29, 0.717) is 6.54 Å². The zero-order valence-corrected chi connectivity index (χ0v) is 11.4. The Labute approximate surface area is 119 Å². The molecule has 0 fully saturated rings. The van der Waals surface area contributed by atoms with E-state index in [1.54, 1.807) is 6.20 Å². The molecule has 1 aliphatic heterocycles. The highest BCUT2D eigenvalue weighted by molar-refractivity contribution is 5.85. The van der Waals surface area contributed by atoms with E-state index in [0.717, 1.165) is 18.6 Å². The molecule has 1 atom stereocenters. The molecule has 0 saturated carbocycles. The summed E-state index contributed by atoms with van der Waals surface area (Å²) < 4.78 is 5.77. The number of fused-ring (bicyclic) bond motifs is 1. The second-order valence-corrected chi connectivity index (χ2v) is 4.47. The third-order valence-electron chi connectivity index (χ3n) is 3.40. The Morgan fingerprint density at radius 1 is 1.26 bits per heavy atom. The Kier molecular flexibility index (Phi) is 4.53. The highest BCUT2D eigenvalue weighted by atomic mass is 35.5. The lowest BCUT2D eigenvalue weighted by Crippen LogP contribution is -2.23. The summed E-state index contributed by atoms with van der Waals surface area (Å²) in [5.74, 6) is 0. The number of hydrogen-bond acceptors (Lipinski definition) is 3. The standard InChI is InChI=1S/C15H16N2O.ClH/c16-9-14-15-11(6-8-18-14)3-1-5-13(15)12-4-2-7-17-10-12;/h1-5,7,10,14H,6,8-9,16H2;1H. The lowest BCUT2D eigenvalue weighted by molar-refractivity contribution is 0.0489. The number of nitrogens with two attached hydrogens (primary N) is 1. The van der Waals surface area contributed by atoms with E-state index in [4.69, 9.17) is 10.5 Å². The van der Waals surface area contributed by atoms with Gasteiger partial charge in [-0.25, -0.2) is 0 Å². The van der Waals surface area contributed by atoms with Crippen molar-refractivity contribution in [2.75, 3.05) is 13.2 Å². The Morgan fingerprint density at radius 3 is 2.89 bits per heavy atom. The lowest BCUT2D eigenvalue weighted by atomic mass is 9.90. The Balaban J connectivity index is 0.00000133. The van der Waals surface area contributed by atoms with E-state index in [1.165, 1.54) is 16.7 Å². The van der Waals surface area contributed by atoms with E-state index in [-0.39, 0.29) is 18.5 Å². The molecule has 2 aromatic rings. The molecule has 0 aliphatic carbocycles. The fraction of sp³-hybridized carbons (Fsp3) is 0.267. The van der Waals surface area contributed by atoms with E-state index >= 15 is 0 Å². The molecule has 19 heavy (non-hydrogen) atoms. The predicted octanol–water partition coefficient (Wildman–Crippen LogP) is 2.74. The molecule has 100 valence electrons. The first-order valence-corrected chi connectivity index (χ1v) is 6.24. The number of halogens is 1. The van der Waals surface area contributed by atoms with Crippen LogP contribution in [0.4, 0.5) is 0 Å². The van der Waals surface area contributed by atoms with Gasteiger partial charge in [0.05, 0.1) is 12.7 Å². The monoisotopic (exact) mass is 276 g/mol. The van der Waals surface area contributed by atoms with Crippen LogP contribution in [0.15, 0.2) is 42.7 Å². The largest absolute Gasteiger partial charge is 0.372 e. The molecule has 1 aromatic carbocycles. The second-order valence-electron chi connectivity index (χ2n) is 4.47. The molecule has 4 heteroatoms. The first kappa shape index (κ1) is 14.0. The smallest absolute Gasteiger partial charge is 0.0955 e. The molecule has 2 heterocycles. The van der Waals surface area contributed by atoms with E-state index in [2.05, 4.69) is 29.2 Å². The molecule has 3 rings (SSSR count). The van der Waals surface area contributed by atoms with Gasteiger partial charge in [0.2, 0.25) is 0 Å². The van der Waals surface area contributed by atoms with Gasteiger partial charge in [0, 0.05) is 24.5 Å². The molecule has 0 radical (unpaired) electrons. The van der Waals surface area contributed by atoms with Crippen LogP contribution in [0.1, 0.15) is 17.2 Å². The number of aromatic nitrogens is 1. The maximum Gasteiger partial charge on any atom is 0.0955 e. The van der Waals surface area contributed by atoms with Crippen LogP contribution in [-0.4, -0.2) is 18.1 Å². The summed E-state index contributed by atoms with van der Waals surface area (Å²) in [5, 5.41) is 0. The summed E-state index contributed by atoms with van der Waals surface area (Å²) in [6.45, 7) is 1.27. The van der Waals surface area contributed by atoms with Crippen LogP contribution < -0.4 is 5.73 Å². The van der Waals surface area contributed by atoms with Crippen molar-refractivity contribution in [1.82, 2.24) is 4.98 Å². The average Bonchev–Trinajstić information content (AvgIpc) is 2.47. The summed E-state index contributed by atoms with van der Waals surface area (Å²) >= 11 is 0. The number of rotatable bonds is 2. The highest BCUT2D eigenvalue weighted by Crippen LogP contribution is 2.35. The lowest BCUT2D eigenvalue weighted by Gasteiger charge is -2.27. The van der Waals surface area contributed by atoms with Crippen molar-refractivity contribution in [2.45, 2.75) is 12.5 Å². The van der Waals surface area contributed by atoms with Gasteiger partial charge in [0.25, 0.3) is 0 Å². The topological polar surface area (TPSA) is 48.1 Å². The van der Waals surface area contributed by atoms with Gasteiger partial charge in [0.1, 0.15) is 0 Å². The van der Waals surface area contributed by atoms with Crippen molar-refractivity contribution in [3.63, 3.8) is 0 Å². The summed E-state index contributed by atoms with van der Waals surface area (Å²) in [6.07, 6.45) is 4.64. The zero-order valence-electron chi connectivity index (χ0n) is 10.6. The molecule has 2 N–H and O–H groups in total. The van der Waals surface area contributed by atoms with Crippen LogP contribution in [0.3, 0.4) is 0 Å². The van der Waals surface area contributed by atoms with Crippen molar-refractivity contribution >= 4 is 12.4 Å². The molecule has 0 amide bonds. The predicted molar refractivity (Wildman–Crippen MR) is 78.4 cm³/mol. The summed E-state index contributed by atoms with van der Waals surface area (Å²) in [7, 11) is 0. The number of pyridine rings is 1. The van der Waals surface area contributed by atoms with Crippen molar-refractivity contribution in [3.8, 4) is 11.1 Å². The van der Waals surface area contributed by atoms with Gasteiger partial charge >= 0.3 is 0 Å². The van der Waals surface area contributed by atoms with Crippen molar-refractivity contribution in [1.29, 1.82) is 0 Å². The Morgan fingerprint density at radius 2 is 2.16 bits per heavy atom. The third kappa shape index (κ3) is 2.63. The van der Waals surface area contributed by atoms with Gasteiger partial charge in [0.15, 0.2) is 0 Å². The van der Waals surface area contributed by atoms with Gasteiger partial charge in [-0.3, -0.25) is 4.98 Å². The maximum absolute atomic E-state index is 5.82. The summed E-state index contributed by atoms with van der Waals surface area (Å²) in [4.78, 5) is 4.19. The fourth-order valence-corrected chi connectivity index (χ4v) is 2.57. The maximum atomic E-state index is 5.82. The SMILES string of the molecule is Cl.NCC1OCCc2cccc(-c3cccnc3)c21. The number of ether oxygens (including phenoxy) is 1. The van der Waals surface area contributed by atoms with Gasteiger partial charge in [-0.05, 0) is 29.2 Å². The van der Waals surface area contributed by atoms with E-state index < -0.39 is 0 Å². The summed E-state index contributed by atoms with van der Waals surface area (Å²) in [6, 6.07) is 10.4. The van der Waals surface area contributed by atoms with Gasteiger partial charge in [-0.2, -0.15) is 0 Å².